The summed E-state index contributed by atoms with van der Waals surface area (Å²) < 4.78 is 0. The maximum atomic E-state index is 12.5. The number of piperazine rings is 1. The van der Waals surface area contributed by atoms with Crippen molar-refractivity contribution in [3.63, 3.8) is 0 Å². The molecule has 116 valence electrons. The number of carbonyl (C=O) groups excluding carboxylic acids is 1. The van der Waals surface area contributed by atoms with Crippen molar-refractivity contribution in [2.24, 2.45) is 0 Å². The lowest BCUT2D eigenvalue weighted by Gasteiger charge is -2.27. The summed E-state index contributed by atoms with van der Waals surface area (Å²) in [5, 5.41) is 3.28. The Labute approximate surface area is 132 Å². The summed E-state index contributed by atoms with van der Waals surface area (Å²) in [6, 6.07) is 8.16. The third kappa shape index (κ3) is 4.19. The zero-order chi connectivity index (χ0) is 13.8. The van der Waals surface area contributed by atoms with E-state index < -0.39 is 0 Å². The number of amides is 1. The molecular formula is C16H24ClN3O. The number of nitrogens with one attached hydrogen (secondary N) is 1. The number of benzene rings is 1. The molecule has 1 aromatic rings. The van der Waals surface area contributed by atoms with Crippen LogP contribution in [0.25, 0.3) is 0 Å². The lowest BCUT2D eigenvalue weighted by Crippen LogP contribution is -2.46. The molecule has 2 saturated heterocycles. The van der Waals surface area contributed by atoms with E-state index in [1.54, 1.807) is 0 Å². The van der Waals surface area contributed by atoms with Gasteiger partial charge in [-0.25, -0.2) is 0 Å². The van der Waals surface area contributed by atoms with Crippen LogP contribution < -0.4 is 5.32 Å². The van der Waals surface area contributed by atoms with Gasteiger partial charge in [0.2, 0.25) is 0 Å². The molecule has 3 rings (SSSR count). The number of carbonyl (C=O) groups is 1. The summed E-state index contributed by atoms with van der Waals surface area (Å²) in [4.78, 5) is 16.9. The van der Waals surface area contributed by atoms with E-state index in [4.69, 9.17) is 0 Å². The molecule has 0 atom stereocenters. The first-order chi connectivity index (χ1) is 9.83. The summed E-state index contributed by atoms with van der Waals surface area (Å²) >= 11 is 0. The first kappa shape index (κ1) is 16.3. The van der Waals surface area contributed by atoms with Crippen LogP contribution in [0.5, 0.6) is 0 Å². The Morgan fingerprint density at radius 1 is 1.10 bits per heavy atom. The van der Waals surface area contributed by atoms with Crippen molar-refractivity contribution in [2.45, 2.75) is 19.4 Å². The van der Waals surface area contributed by atoms with Gasteiger partial charge in [-0.2, -0.15) is 0 Å². The minimum atomic E-state index is 0. The van der Waals surface area contributed by atoms with Gasteiger partial charge in [0, 0.05) is 38.3 Å². The van der Waals surface area contributed by atoms with Gasteiger partial charge in [-0.3, -0.25) is 9.69 Å². The van der Waals surface area contributed by atoms with E-state index in [1.807, 2.05) is 17.0 Å². The fourth-order valence-electron chi connectivity index (χ4n) is 3.05. The largest absolute Gasteiger partial charge is 0.336 e. The fourth-order valence-corrected chi connectivity index (χ4v) is 3.05. The molecule has 5 heteroatoms. The molecule has 0 radical (unpaired) electrons. The van der Waals surface area contributed by atoms with Gasteiger partial charge in [-0.15, -0.1) is 12.4 Å². The topological polar surface area (TPSA) is 35.6 Å². The molecule has 21 heavy (non-hydrogen) atoms. The zero-order valence-electron chi connectivity index (χ0n) is 12.4. The molecule has 2 fully saturated rings. The Balaban J connectivity index is 0.00000161. The maximum absolute atomic E-state index is 12.5. The van der Waals surface area contributed by atoms with E-state index >= 15 is 0 Å². The Hall–Kier alpha value is -1.10. The molecule has 0 aliphatic carbocycles. The van der Waals surface area contributed by atoms with Crippen LogP contribution in [0.4, 0.5) is 0 Å². The second-order valence-electron chi connectivity index (χ2n) is 5.73. The molecule has 1 aromatic carbocycles. The van der Waals surface area contributed by atoms with E-state index in [2.05, 4.69) is 22.3 Å². The number of nitrogens with zero attached hydrogens (tertiary/aromatic N) is 2. The van der Waals surface area contributed by atoms with Gasteiger partial charge in [0.15, 0.2) is 0 Å². The quantitative estimate of drug-likeness (QED) is 0.924. The standard InChI is InChI=1S/C16H23N3O.ClH/c20-16(19-10-6-17-7-11-19)15-5-3-4-14(12-15)13-18-8-1-2-9-18;/h3-5,12,17H,1-2,6-11,13H2;1H. The molecule has 4 nitrogen and oxygen atoms in total. The van der Waals surface area contributed by atoms with Gasteiger partial charge in [0.1, 0.15) is 0 Å². The molecule has 0 saturated carbocycles. The first-order valence-electron chi connectivity index (χ1n) is 7.64. The van der Waals surface area contributed by atoms with Gasteiger partial charge >= 0.3 is 0 Å². The van der Waals surface area contributed by atoms with Crippen molar-refractivity contribution in [3.8, 4) is 0 Å². The van der Waals surface area contributed by atoms with Crippen molar-refractivity contribution in [1.29, 1.82) is 0 Å². The van der Waals surface area contributed by atoms with Crippen LogP contribution in [0.3, 0.4) is 0 Å². The fraction of sp³-hybridized carbons (Fsp3) is 0.562. The molecule has 1 N–H and O–H groups in total. The smallest absolute Gasteiger partial charge is 0.253 e. The monoisotopic (exact) mass is 309 g/mol. The first-order valence-corrected chi connectivity index (χ1v) is 7.64. The highest BCUT2D eigenvalue weighted by molar-refractivity contribution is 5.94. The highest BCUT2D eigenvalue weighted by Gasteiger charge is 2.18. The minimum absolute atomic E-state index is 0. The number of rotatable bonds is 3. The summed E-state index contributed by atoms with van der Waals surface area (Å²) in [6.45, 7) is 6.79. The summed E-state index contributed by atoms with van der Waals surface area (Å²) in [6.07, 6.45) is 2.61. The second-order valence-corrected chi connectivity index (χ2v) is 5.73. The second kappa shape index (κ2) is 7.78. The van der Waals surface area contributed by atoms with Gasteiger partial charge in [0.05, 0.1) is 0 Å². The minimum Gasteiger partial charge on any atom is -0.336 e. The molecule has 1 amide bonds. The Morgan fingerprint density at radius 2 is 1.81 bits per heavy atom. The highest BCUT2D eigenvalue weighted by Crippen LogP contribution is 2.15. The summed E-state index contributed by atoms with van der Waals surface area (Å²) in [7, 11) is 0. The maximum Gasteiger partial charge on any atom is 0.253 e. The average molecular weight is 310 g/mol. The number of halogens is 1. The van der Waals surface area contributed by atoms with E-state index in [-0.39, 0.29) is 18.3 Å². The SMILES string of the molecule is Cl.O=C(c1cccc(CN2CCCC2)c1)N1CCNCC1. The van der Waals surface area contributed by atoms with E-state index in [1.165, 1.54) is 31.5 Å². The van der Waals surface area contributed by atoms with Gasteiger partial charge in [-0.05, 0) is 43.6 Å². The molecule has 0 bridgehead atoms. The van der Waals surface area contributed by atoms with Crippen LogP contribution >= 0.6 is 12.4 Å². The lowest BCUT2D eigenvalue weighted by atomic mass is 10.1. The Morgan fingerprint density at radius 3 is 2.52 bits per heavy atom. The summed E-state index contributed by atoms with van der Waals surface area (Å²) in [5.74, 6) is 0.176. The normalized spacial score (nSPS) is 19.3. The van der Waals surface area contributed by atoms with Gasteiger partial charge in [-0.1, -0.05) is 12.1 Å². The van der Waals surface area contributed by atoms with Crippen molar-refractivity contribution < 1.29 is 4.79 Å². The van der Waals surface area contributed by atoms with Crippen LogP contribution in [-0.2, 0) is 6.54 Å². The Kier molecular flexibility index (Phi) is 6.03. The van der Waals surface area contributed by atoms with Crippen molar-refractivity contribution in [3.05, 3.63) is 35.4 Å². The third-order valence-corrected chi connectivity index (χ3v) is 4.18. The molecule has 0 aromatic heterocycles. The van der Waals surface area contributed by atoms with Crippen molar-refractivity contribution in [2.75, 3.05) is 39.3 Å². The van der Waals surface area contributed by atoms with E-state index in [0.29, 0.717) is 0 Å². The van der Waals surface area contributed by atoms with Crippen LogP contribution in [0.2, 0.25) is 0 Å². The average Bonchev–Trinajstić information content (AvgIpc) is 3.01. The van der Waals surface area contributed by atoms with Crippen molar-refractivity contribution in [1.82, 2.24) is 15.1 Å². The zero-order valence-corrected chi connectivity index (χ0v) is 13.2. The predicted octanol–water partition coefficient (Wildman–Crippen LogP) is 1.75. The molecule has 0 unspecified atom stereocenters. The molecule has 2 aliphatic heterocycles. The molecule has 2 aliphatic rings. The van der Waals surface area contributed by atoms with Gasteiger partial charge in [0.25, 0.3) is 5.91 Å². The summed E-state index contributed by atoms with van der Waals surface area (Å²) in [5.41, 5.74) is 2.09. The molecule has 0 spiro atoms. The van der Waals surface area contributed by atoms with Crippen LogP contribution in [-0.4, -0.2) is 55.0 Å². The van der Waals surface area contributed by atoms with Crippen LogP contribution in [0, 0.1) is 0 Å². The van der Waals surface area contributed by atoms with Crippen molar-refractivity contribution >= 4 is 18.3 Å². The van der Waals surface area contributed by atoms with E-state index in [9.17, 15) is 4.79 Å². The third-order valence-electron chi connectivity index (χ3n) is 4.18. The van der Waals surface area contributed by atoms with Crippen LogP contribution in [0.1, 0.15) is 28.8 Å². The van der Waals surface area contributed by atoms with Gasteiger partial charge < -0.3 is 10.2 Å². The number of likely N-dealkylation sites (tertiary alicyclic amines) is 1. The van der Waals surface area contributed by atoms with Crippen LogP contribution in [0.15, 0.2) is 24.3 Å². The highest BCUT2D eigenvalue weighted by atomic mass is 35.5. The Bertz CT molecular complexity index is 468. The van der Waals surface area contributed by atoms with E-state index in [0.717, 1.165) is 38.3 Å². The predicted molar refractivity (Wildman–Crippen MR) is 87.0 cm³/mol. The number of hydrogen-bond acceptors (Lipinski definition) is 3. The molecule has 2 heterocycles. The molecular weight excluding hydrogens is 286 g/mol. The lowest BCUT2D eigenvalue weighted by molar-refractivity contribution is 0.0735. The number of hydrogen-bond donors (Lipinski definition) is 1.